The summed E-state index contributed by atoms with van der Waals surface area (Å²) in [6, 6.07) is 0. The zero-order valence-corrected chi connectivity index (χ0v) is 10.5. The van der Waals surface area contributed by atoms with Gasteiger partial charge >= 0.3 is 12.1 Å². The van der Waals surface area contributed by atoms with Crippen molar-refractivity contribution in [3.63, 3.8) is 0 Å². The minimum absolute atomic E-state index is 0.0179. The lowest BCUT2D eigenvalue weighted by molar-refractivity contribution is -0.146. The van der Waals surface area contributed by atoms with Crippen LogP contribution in [0.4, 0.5) is 19.0 Å². The Balaban J connectivity index is 2.60. The number of halogens is 3. The van der Waals surface area contributed by atoms with Gasteiger partial charge in [0, 0.05) is 5.56 Å². The molecule has 7 nitrogen and oxygen atoms in total. The van der Waals surface area contributed by atoms with E-state index in [1.807, 2.05) is 0 Å². The summed E-state index contributed by atoms with van der Waals surface area (Å²) in [7, 11) is 0. The Hall–Kier alpha value is -2.39. The molecule has 0 aliphatic carbocycles. The molecule has 0 bridgehead atoms. The predicted molar refractivity (Wildman–Crippen MR) is 61.4 cm³/mol. The summed E-state index contributed by atoms with van der Waals surface area (Å²) in [4.78, 5) is 10.5. The molecule has 0 amide bonds. The number of hydrogen-bond acceptors (Lipinski definition) is 5. The summed E-state index contributed by atoms with van der Waals surface area (Å²) >= 11 is 0. The Labute approximate surface area is 110 Å². The van der Waals surface area contributed by atoms with Crippen molar-refractivity contribution in [3.8, 4) is 0 Å². The van der Waals surface area contributed by atoms with Crippen molar-refractivity contribution >= 4 is 17.4 Å². The predicted octanol–water partition coefficient (Wildman–Crippen LogP) is 1.26. The Morgan fingerprint density at radius 3 is 2.50 bits per heavy atom. The van der Waals surface area contributed by atoms with Crippen molar-refractivity contribution in [3.05, 3.63) is 17.0 Å². The van der Waals surface area contributed by atoms with Crippen molar-refractivity contribution in [2.45, 2.75) is 20.0 Å². The van der Waals surface area contributed by atoms with Gasteiger partial charge in [-0.15, -0.1) is 15.3 Å². The fraction of sp³-hybridized carbons (Fsp3) is 0.400. The van der Waals surface area contributed by atoms with Crippen LogP contribution in [0.25, 0.3) is 5.65 Å². The molecule has 0 spiro atoms. The van der Waals surface area contributed by atoms with Gasteiger partial charge in [-0.3, -0.25) is 4.79 Å². The first kappa shape index (κ1) is 14.0. The molecule has 20 heavy (non-hydrogen) atoms. The van der Waals surface area contributed by atoms with Gasteiger partial charge in [0.05, 0.1) is 0 Å². The van der Waals surface area contributed by atoms with E-state index in [0.29, 0.717) is 15.6 Å². The van der Waals surface area contributed by atoms with Crippen LogP contribution >= 0.6 is 0 Å². The maximum absolute atomic E-state index is 12.8. The Morgan fingerprint density at radius 1 is 1.30 bits per heavy atom. The molecule has 2 aromatic heterocycles. The molecule has 2 heterocycles. The second-order valence-corrected chi connectivity index (χ2v) is 4.10. The zero-order chi connectivity index (χ0) is 15.1. The summed E-state index contributed by atoms with van der Waals surface area (Å²) in [6.07, 6.45) is -4.70. The van der Waals surface area contributed by atoms with Crippen LogP contribution < -0.4 is 5.32 Å². The van der Waals surface area contributed by atoms with Crippen LogP contribution in [0.5, 0.6) is 0 Å². The molecule has 0 fully saturated rings. The van der Waals surface area contributed by atoms with E-state index in [2.05, 4.69) is 20.6 Å². The van der Waals surface area contributed by atoms with Crippen molar-refractivity contribution < 1.29 is 23.1 Å². The maximum atomic E-state index is 12.8. The topological polar surface area (TPSA) is 92.4 Å². The number of alkyl halides is 3. The van der Waals surface area contributed by atoms with Crippen molar-refractivity contribution in [1.29, 1.82) is 0 Å². The van der Waals surface area contributed by atoms with Gasteiger partial charge in [0.1, 0.15) is 6.54 Å². The number of carboxylic acids is 1. The molecule has 0 saturated heterocycles. The summed E-state index contributed by atoms with van der Waals surface area (Å²) in [5.41, 5.74) is 0.937. The number of hydrogen-bond donors (Lipinski definition) is 2. The van der Waals surface area contributed by atoms with E-state index in [1.54, 1.807) is 13.8 Å². The minimum Gasteiger partial charge on any atom is -0.480 e. The van der Waals surface area contributed by atoms with Gasteiger partial charge in [-0.05, 0) is 19.4 Å². The van der Waals surface area contributed by atoms with Crippen LogP contribution in [0.1, 0.15) is 17.0 Å². The Bertz CT molecular complexity index is 680. The number of aryl methyl sites for hydroxylation is 1. The summed E-state index contributed by atoms with van der Waals surface area (Å²) < 4.78 is 38.8. The molecule has 0 atom stereocenters. The Kier molecular flexibility index (Phi) is 3.24. The number of rotatable bonds is 3. The lowest BCUT2D eigenvalue weighted by Crippen LogP contribution is -2.18. The average Bonchev–Trinajstić information content (AvgIpc) is 2.75. The van der Waals surface area contributed by atoms with Crippen LogP contribution in [0.15, 0.2) is 0 Å². The highest BCUT2D eigenvalue weighted by molar-refractivity contribution is 5.73. The van der Waals surface area contributed by atoms with Crippen molar-refractivity contribution in [2.24, 2.45) is 0 Å². The highest BCUT2D eigenvalue weighted by Gasteiger charge is 2.38. The van der Waals surface area contributed by atoms with Crippen LogP contribution in [-0.4, -0.2) is 37.4 Å². The monoisotopic (exact) mass is 289 g/mol. The standard InChI is InChI=1S/C10H10F3N5O2/c1-4-5(2)8-15-16-9(10(11,12)13)18(8)17-7(4)14-3-6(19)20/h3H2,1-2H3,(H,14,17)(H,19,20). The minimum atomic E-state index is -4.70. The molecule has 2 aromatic rings. The van der Waals surface area contributed by atoms with Gasteiger partial charge in [-0.2, -0.15) is 17.7 Å². The maximum Gasteiger partial charge on any atom is 0.453 e. The van der Waals surface area contributed by atoms with Gasteiger partial charge < -0.3 is 10.4 Å². The van der Waals surface area contributed by atoms with Crippen molar-refractivity contribution in [1.82, 2.24) is 19.8 Å². The molecule has 0 unspecified atom stereocenters. The van der Waals surface area contributed by atoms with Gasteiger partial charge in [0.2, 0.25) is 0 Å². The van der Waals surface area contributed by atoms with E-state index in [-0.39, 0.29) is 11.5 Å². The molecule has 0 saturated carbocycles. The summed E-state index contributed by atoms with van der Waals surface area (Å²) in [5, 5.41) is 21.3. The molecule has 108 valence electrons. The summed E-state index contributed by atoms with van der Waals surface area (Å²) in [6.45, 7) is 2.71. The molecule has 0 radical (unpaired) electrons. The number of carboxylic acid groups (broad SMARTS) is 1. The Morgan fingerprint density at radius 2 is 1.95 bits per heavy atom. The number of anilines is 1. The van der Waals surface area contributed by atoms with E-state index in [0.717, 1.165) is 0 Å². The van der Waals surface area contributed by atoms with Crippen molar-refractivity contribution in [2.75, 3.05) is 11.9 Å². The van der Waals surface area contributed by atoms with Gasteiger partial charge in [-0.1, -0.05) is 0 Å². The lowest BCUT2D eigenvalue weighted by Gasteiger charge is -2.11. The largest absolute Gasteiger partial charge is 0.480 e. The van der Waals surface area contributed by atoms with Crippen LogP contribution in [-0.2, 0) is 11.0 Å². The zero-order valence-electron chi connectivity index (χ0n) is 10.5. The molecular formula is C10H10F3N5O2. The highest BCUT2D eigenvalue weighted by atomic mass is 19.4. The quantitative estimate of drug-likeness (QED) is 0.883. The van der Waals surface area contributed by atoms with Crippen LogP contribution in [0.3, 0.4) is 0 Å². The first-order chi connectivity index (χ1) is 9.21. The molecule has 0 aliphatic rings. The number of nitrogens with one attached hydrogen (secondary N) is 1. The number of fused-ring (bicyclic) bond motifs is 1. The average molecular weight is 289 g/mol. The van der Waals surface area contributed by atoms with E-state index in [9.17, 15) is 18.0 Å². The molecular weight excluding hydrogens is 279 g/mol. The van der Waals surface area contributed by atoms with Crippen LogP contribution in [0, 0.1) is 13.8 Å². The molecule has 2 N–H and O–H groups in total. The smallest absolute Gasteiger partial charge is 0.453 e. The second kappa shape index (κ2) is 4.62. The first-order valence-electron chi connectivity index (χ1n) is 5.47. The normalized spacial score (nSPS) is 11.8. The van der Waals surface area contributed by atoms with Gasteiger partial charge in [0.15, 0.2) is 11.5 Å². The number of aromatic nitrogens is 4. The third kappa shape index (κ3) is 2.36. The van der Waals surface area contributed by atoms with Gasteiger partial charge in [0.25, 0.3) is 5.82 Å². The molecule has 0 aromatic carbocycles. The van der Waals surface area contributed by atoms with E-state index < -0.39 is 24.5 Å². The number of carbonyl (C=O) groups is 1. The SMILES string of the molecule is Cc1c(NCC(=O)O)nn2c(C(F)(F)F)nnc2c1C. The van der Waals surface area contributed by atoms with Gasteiger partial charge in [-0.25, -0.2) is 0 Å². The third-order valence-electron chi connectivity index (χ3n) is 2.75. The third-order valence-corrected chi connectivity index (χ3v) is 2.75. The second-order valence-electron chi connectivity index (χ2n) is 4.10. The van der Waals surface area contributed by atoms with E-state index in [1.165, 1.54) is 0 Å². The fourth-order valence-corrected chi connectivity index (χ4v) is 1.63. The first-order valence-corrected chi connectivity index (χ1v) is 5.47. The van der Waals surface area contributed by atoms with Crippen LogP contribution in [0.2, 0.25) is 0 Å². The molecule has 0 aliphatic heterocycles. The fourth-order valence-electron chi connectivity index (χ4n) is 1.63. The van der Waals surface area contributed by atoms with E-state index >= 15 is 0 Å². The van der Waals surface area contributed by atoms with E-state index in [4.69, 9.17) is 5.11 Å². The summed E-state index contributed by atoms with van der Waals surface area (Å²) in [5.74, 6) is -2.36. The number of aliphatic carboxylic acids is 1. The highest BCUT2D eigenvalue weighted by Crippen LogP contribution is 2.29. The number of nitrogens with zero attached hydrogens (tertiary/aromatic N) is 4. The lowest BCUT2D eigenvalue weighted by atomic mass is 10.2. The molecule has 10 heteroatoms. The molecule has 2 rings (SSSR count).